The third kappa shape index (κ3) is 4.67. The average molecular weight is 377 g/mol. The van der Waals surface area contributed by atoms with Crippen molar-refractivity contribution in [1.29, 1.82) is 0 Å². The summed E-state index contributed by atoms with van der Waals surface area (Å²) in [4.78, 5) is 13.9. The molecular formula is C21H27N7. The van der Waals surface area contributed by atoms with Crippen LogP contribution in [-0.2, 0) is 13.1 Å². The second-order valence-corrected chi connectivity index (χ2v) is 6.95. The molecule has 0 amide bonds. The van der Waals surface area contributed by atoms with Gasteiger partial charge in [0.1, 0.15) is 11.6 Å². The Hall–Kier alpha value is -2.93. The summed E-state index contributed by atoms with van der Waals surface area (Å²) < 4.78 is 1.97. The van der Waals surface area contributed by atoms with Crippen molar-refractivity contribution < 1.29 is 0 Å². The Labute approximate surface area is 166 Å². The van der Waals surface area contributed by atoms with Crippen LogP contribution in [0.25, 0.3) is 0 Å². The summed E-state index contributed by atoms with van der Waals surface area (Å²) in [6.07, 6.45) is 8.63. The molecular weight excluding hydrogens is 350 g/mol. The van der Waals surface area contributed by atoms with Crippen LogP contribution in [0.3, 0.4) is 0 Å². The van der Waals surface area contributed by atoms with Crippen LogP contribution in [-0.4, -0.2) is 52.5 Å². The third-order valence-corrected chi connectivity index (χ3v) is 5.04. The molecule has 146 valence electrons. The molecule has 1 aliphatic heterocycles. The normalized spacial score (nSPS) is 14.4. The first kappa shape index (κ1) is 18.4. The fraction of sp³-hybridized carbons (Fsp3) is 0.381. The van der Waals surface area contributed by atoms with E-state index in [4.69, 9.17) is 0 Å². The van der Waals surface area contributed by atoms with Gasteiger partial charge in [0.05, 0.1) is 0 Å². The molecule has 3 aromatic rings. The topological polar surface area (TPSA) is 62.1 Å². The highest BCUT2D eigenvalue weighted by molar-refractivity contribution is 5.49. The van der Waals surface area contributed by atoms with E-state index in [1.54, 1.807) is 0 Å². The molecule has 1 saturated heterocycles. The van der Waals surface area contributed by atoms with Gasteiger partial charge in [-0.2, -0.15) is 5.10 Å². The quantitative estimate of drug-likeness (QED) is 0.607. The molecule has 0 saturated carbocycles. The number of pyridine rings is 2. The maximum Gasteiger partial charge on any atom is 0.133 e. The van der Waals surface area contributed by atoms with E-state index in [0.29, 0.717) is 0 Å². The molecule has 1 fully saturated rings. The highest BCUT2D eigenvalue weighted by Crippen LogP contribution is 2.20. The smallest absolute Gasteiger partial charge is 0.133 e. The highest BCUT2D eigenvalue weighted by atomic mass is 15.3. The van der Waals surface area contributed by atoms with E-state index in [9.17, 15) is 0 Å². The minimum Gasteiger partial charge on any atom is -0.353 e. The molecule has 0 bridgehead atoms. The molecule has 0 radical (unpaired) electrons. The zero-order chi connectivity index (χ0) is 19.0. The number of nitrogens with zero attached hydrogens (tertiary/aromatic N) is 6. The summed E-state index contributed by atoms with van der Waals surface area (Å²) in [6, 6.07) is 12.2. The van der Waals surface area contributed by atoms with Crippen LogP contribution in [0.4, 0.5) is 11.6 Å². The Kier molecular flexibility index (Phi) is 6.14. The maximum atomic E-state index is 4.68. The van der Waals surface area contributed by atoms with Crippen molar-refractivity contribution in [2.75, 3.05) is 42.5 Å². The van der Waals surface area contributed by atoms with Gasteiger partial charge in [-0.3, -0.25) is 4.68 Å². The van der Waals surface area contributed by atoms with Crippen molar-refractivity contribution in [1.82, 2.24) is 25.1 Å². The third-order valence-electron chi connectivity index (χ3n) is 5.04. The summed E-state index contributed by atoms with van der Waals surface area (Å²) in [7, 11) is 0. The molecule has 1 aliphatic rings. The molecule has 0 spiro atoms. The lowest BCUT2D eigenvalue weighted by atomic mass is 10.2. The zero-order valence-electron chi connectivity index (χ0n) is 16.1. The monoisotopic (exact) mass is 377 g/mol. The van der Waals surface area contributed by atoms with Gasteiger partial charge in [-0.25, -0.2) is 9.97 Å². The second-order valence-electron chi connectivity index (χ2n) is 6.95. The average Bonchev–Trinajstić information content (AvgIpc) is 3.28. The predicted molar refractivity (Wildman–Crippen MR) is 111 cm³/mol. The Morgan fingerprint density at radius 3 is 2.50 bits per heavy atom. The van der Waals surface area contributed by atoms with Crippen LogP contribution in [0, 0.1) is 0 Å². The van der Waals surface area contributed by atoms with E-state index >= 15 is 0 Å². The van der Waals surface area contributed by atoms with Gasteiger partial charge in [0.15, 0.2) is 0 Å². The zero-order valence-corrected chi connectivity index (χ0v) is 16.1. The number of anilines is 2. The fourth-order valence-electron chi connectivity index (χ4n) is 3.56. The molecule has 0 aromatic carbocycles. The highest BCUT2D eigenvalue weighted by Gasteiger charge is 2.20. The molecule has 0 atom stereocenters. The minimum atomic E-state index is 0.836. The lowest BCUT2D eigenvalue weighted by Crippen LogP contribution is -2.47. The lowest BCUT2D eigenvalue weighted by molar-refractivity contribution is 0.542. The molecule has 0 aliphatic carbocycles. The first-order chi connectivity index (χ1) is 13.9. The molecule has 4 heterocycles. The van der Waals surface area contributed by atoms with Crippen molar-refractivity contribution in [3.63, 3.8) is 0 Å². The fourth-order valence-corrected chi connectivity index (χ4v) is 3.56. The molecule has 7 nitrogen and oxygen atoms in total. The molecule has 0 unspecified atom stereocenters. The summed E-state index contributed by atoms with van der Waals surface area (Å²) in [5.41, 5.74) is 1.26. The standard InChI is InChI=1S/C21H27N7/c1-2-9-23-20(7-1)26-14-16-27(17-15-26)21-19(6-3-10-24-21)18-22-8-4-12-28-13-5-11-25-28/h1-3,5-7,9-11,13,22H,4,8,12,14-18H2. The molecule has 3 aromatic heterocycles. The van der Waals surface area contributed by atoms with Gasteiger partial charge in [0.2, 0.25) is 0 Å². The van der Waals surface area contributed by atoms with Crippen LogP contribution in [0.1, 0.15) is 12.0 Å². The summed E-state index contributed by atoms with van der Waals surface area (Å²) >= 11 is 0. The summed E-state index contributed by atoms with van der Waals surface area (Å²) in [5.74, 6) is 2.16. The van der Waals surface area contributed by atoms with Gasteiger partial charge in [0, 0.05) is 69.6 Å². The molecule has 28 heavy (non-hydrogen) atoms. The first-order valence-corrected chi connectivity index (χ1v) is 9.93. The second kappa shape index (κ2) is 9.32. The SMILES string of the molecule is c1ccc(N2CCN(c3ncccc3CNCCCn3cccn3)CC2)nc1. The maximum absolute atomic E-state index is 4.68. The number of hydrogen-bond acceptors (Lipinski definition) is 6. The van der Waals surface area contributed by atoms with Crippen LogP contribution in [0.15, 0.2) is 61.2 Å². The van der Waals surface area contributed by atoms with Crippen LogP contribution in [0.5, 0.6) is 0 Å². The first-order valence-electron chi connectivity index (χ1n) is 9.93. The largest absolute Gasteiger partial charge is 0.353 e. The van der Waals surface area contributed by atoms with E-state index in [2.05, 4.69) is 42.3 Å². The van der Waals surface area contributed by atoms with Crippen LogP contribution >= 0.6 is 0 Å². The van der Waals surface area contributed by atoms with Gasteiger partial charge >= 0.3 is 0 Å². The van der Waals surface area contributed by atoms with Crippen molar-refractivity contribution in [2.24, 2.45) is 0 Å². The number of aryl methyl sites for hydroxylation is 1. The van der Waals surface area contributed by atoms with E-state index < -0.39 is 0 Å². The van der Waals surface area contributed by atoms with E-state index in [0.717, 1.165) is 63.9 Å². The number of rotatable bonds is 8. The van der Waals surface area contributed by atoms with Crippen LogP contribution in [0.2, 0.25) is 0 Å². The Bertz CT molecular complexity index is 827. The number of nitrogens with one attached hydrogen (secondary N) is 1. The Morgan fingerprint density at radius 1 is 0.857 bits per heavy atom. The van der Waals surface area contributed by atoms with E-state index in [-0.39, 0.29) is 0 Å². The lowest BCUT2D eigenvalue weighted by Gasteiger charge is -2.36. The van der Waals surface area contributed by atoms with Gasteiger partial charge < -0.3 is 15.1 Å². The van der Waals surface area contributed by atoms with Crippen molar-refractivity contribution in [3.05, 3.63) is 66.7 Å². The van der Waals surface area contributed by atoms with Crippen molar-refractivity contribution in [2.45, 2.75) is 19.5 Å². The van der Waals surface area contributed by atoms with Gasteiger partial charge in [-0.15, -0.1) is 0 Å². The number of aromatic nitrogens is 4. The van der Waals surface area contributed by atoms with E-state index in [1.807, 2.05) is 53.7 Å². The van der Waals surface area contributed by atoms with Crippen molar-refractivity contribution >= 4 is 11.6 Å². The number of hydrogen-bond donors (Lipinski definition) is 1. The molecule has 7 heteroatoms. The summed E-state index contributed by atoms with van der Waals surface area (Å²) in [5, 5.41) is 7.79. The molecule has 1 N–H and O–H groups in total. The minimum absolute atomic E-state index is 0.836. The van der Waals surface area contributed by atoms with E-state index in [1.165, 1.54) is 5.56 Å². The number of piperazine rings is 1. The van der Waals surface area contributed by atoms with Crippen molar-refractivity contribution in [3.8, 4) is 0 Å². The molecule has 4 rings (SSSR count). The summed E-state index contributed by atoms with van der Waals surface area (Å²) in [6.45, 7) is 6.58. The van der Waals surface area contributed by atoms with Gasteiger partial charge in [0.25, 0.3) is 0 Å². The Balaban J connectivity index is 1.28. The Morgan fingerprint density at radius 2 is 1.71 bits per heavy atom. The van der Waals surface area contributed by atoms with Crippen LogP contribution < -0.4 is 15.1 Å². The predicted octanol–water partition coefficient (Wildman–Crippen LogP) is 2.18. The van der Waals surface area contributed by atoms with Gasteiger partial charge in [-0.1, -0.05) is 12.1 Å². The van der Waals surface area contributed by atoms with Gasteiger partial charge in [-0.05, 0) is 37.2 Å².